The SMILES string of the molecule is FC(F)(F)c1ccc(-c2ncnc3[nH]ccc23)cc1. The third kappa shape index (κ3) is 2.05. The summed E-state index contributed by atoms with van der Waals surface area (Å²) in [6.07, 6.45) is -1.23. The predicted octanol–water partition coefficient (Wildman–Crippen LogP) is 3.64. The molecule has 3 nitrogen and oxygen atoms in total. The zero-order valence-electron chi connectivity index (χ0n) is 9.57. The number of nitrogens with zero attached hydrogens (tertiary/aromatic N) is 2. The molecule has 1 aromatic carbocycles. The highest BCUT2D eigenvalue weighted by molar-refractivity contribution is 5.90. The van der Waals surface area contributed by atoms with Crippen molar-refractivity contribution in [2.75, 3.05) is 0 Å². The standard InChI is InChI=1S/C13H8F3N3/c14-13(15,16)9-3-1-8(2-4-9)11-10-5-6-17-12(10)19-7-18-11/h1-7H,(H,17,18,19). The van der Waals surface area contributed by atoms with Crippen LogP contribution in [0.25, 0.3) is 22.3 Å². The fraction of sp³-hybridized carbons (Fsp3) is 0.0769. The summed E-state index contributed by atoms with van der Waals surface area (Å²) in [4.78, 5) is 11.1. The second-order valence-electron chi connectivity index (χ2n) is 4.04. The van der Waals surface area contributed by atoms with Gasteiger partial charge in [0.2, 0.25) is 0 Å². The normalized spacial score (nSPS) is 11.9. The molecule has 0 amide bonds. The minimum Gasteiger partial charge on any atom is -0.346 e. The van der Waals surface area contributed by atoms with Gasteiger partial charge in [-0.3, -0.25) is 0 Å². The van der Waals surface area contributed by atoms with Crippen molar-refractivity contribution in [3.05, 3.63) is 48.4 Å². The Morgan fingerprint density at radius 1 is 0.947 bits per heavy atom. The molecule has 0 saturated heterocycles. The van der Waals surface area contributed by atoms with Gasteiger partial charge in [-0.1, -0.05) is 12.1 Å². The van der Waals surface area contributed by atoms with Crippen LogP contribution in [0.3, 0.4) is 0 Å². The van der Waals surface area contributed by atoms with E-state index in [1.807, 2.05) is 0 Å². The highest BCUT2D eigenvalue weighted by atomic mass is 19.4. The number of hydrogen-bond acceptors (Lipinski definition) is 2. The average molecular weight is 263 g/mol. The topological polar surface area (TPSA) is 41.6 Å². The van der Waals surface area contributed by atoms with Crippen molar-refractivity contribution in [3.63, 3.8) is 0 Å². The van der Waals surface area contributed by atoms with Gasteiger partial charge in [-0.05, 0) is 18.2 Å². The Morgan fingerprint density at radius 3 is 2.37 bits per heavy atom. The van der Waals surface area contributed by atoms with Crippen molar-refractivity contribution < 1.29 is 13.2 Å². The van der Waals surface area contributed by atoms with Crippen LogP contribution in [0.4, 0.5) is 13.2 Å². The zero-order chi connectivity index (χ0) is 13.5. The molecule has 1 N–H and O–H groups in total. The van der Waals surface area contributed by atoms with E-state index in [4.69, 9.17) is 0 Å². The lowest BCUT2D eigenvalue weighted by Gasteiger charge is -2.07. The van der Waals surface area contributed by atoms with Crippen molar-refractivity contribution in [3.8, 4) is 11.3 Å². The molecule has 0 unspecified atom stereocenters. The lowest BCUT2D eigenvalue weighted by molar-refractivity contribution is -0.137. The fourth-order valence-electron chi connectivity index (χ4n) is 1.92. The van der Waals surface area contributed by atoms with Gasteiger partial charge in [0, 0.05) is 17.1 Å². The summed E-state index contributed by atoms with van der Waals surface area (Å²) in [7, 11) is 0. The Morgan fingerprint density at radius 2 is 1.68 bits per heavy atom. The first-order valence-electron chi connectivity index (χ1n) is 5.51. The largest absolute Gasteiger partial charge is 0.416 e. The van der Waals surface area contributed by atoms with Gasteiger partial charge in [0.25, 0.3) is 0 Å². The third-order valence-corrected chi connectivity index (χ3v) is 2.84. The van der Waals surface area contributed by atoms with E-state index >= 15 is 0 Å². The van der Waals surface area contributed by atoms with E-state index in [1.165, 1.54) is 18.5 Å². The molecule has 0 spiro atoms. The molecule has 0 atom stereocenters. The molecule has 3 rings (SSSR count). The predicted molar refractivity (Wildman–Crippen MR) is 64.3 cm³/mol. The Bertz CT molecular complexity index is 714. The van der Waals surface area contributed by atoms with Crippen molar-refractivity contribution in [1.29, 1.82) is 0 Å². The molecule has 0 bridgehead atoms. The fourth-order valence-corrected chi connectivity index (χ4v) is 1.92. The van der Waals surface area contributed by atoms with Crippen LogP contribution in [0.1, 0.15) is 5.56 Å². The van der Waals surface area contributed by atoms with E-state index in [0.717, 1.165) is 17.5 Å². The summed E-state index contributed by atoms with van der Waals surface area (Å²) >= 11 is 0. The molecule has 0 saturated carbocycles. The molecule has 0 aliphatic carbocycles. The van der Waals surface area contributed by atoms with E-state index in [-0.39, 0.29) is 0 Å². The highest BCUT2D eigenvalue weighted by Crippen LogP contribution is 2.31. The second-order valence-corrected chi connectivity index (χ2v) is 4.04. The molecule has 3 aromatic rings. The van der Waals surface area contributed by atoms with E-state index in [2.05, 4.69) is 15.0 Å². The lowest BCUT2D eigenvalue weighted by Crippen LogP contribution is -2.04. The number of aromatic amines is 1. The van der Waals surface area contributed by atoms with Gasteiger partial charge in [-0.25, -0.2) is 9.97 Å². The van der Waals surface area contributed by atoms with Crippen LogP contribution in [0, 0.1) is 0 Å². The lowest BCUT2D eigenvalue weighted by atomic mass is 10.1. The van der Waals surface area contributed by atoms with Crippen LogP contribution in [0.2, 0.25) is 0 Å². The molecule has 6 heteroatoms. The number of benzene rings is 1. The van der Waals surface area contributed by atoms with Crippen molar-refractivity contribution >= 4 is 11.0 Å². The second kappa shape index (κ2) is 4.08. The third-order valence-electron chi connectivity index (χ3n) is 2.84. The number of fused-ring (bicyclic) bond motifs is 1. The summed E-state index contributed by atoms with van der Waals surface area (Å²) in [6, 6.07) is 6.73. The number of rotatable bonds is 1. The van der Waals surface area contributed by atoms with Gasteiger partial charge in [0.1, 0.15) is 12.0 Å². The van der Waals surface area contributed by atoms with E-state index in [0.29, 0.717) is 16.9 Å². The maximum atomic E-state index is 12.5. The average Bonchev–Trinajstić information content (AvgIpc) is 2.86. The first-order valence-corrected chi connectivity index (χ1v) is 5.51. The van der Waals surface area contributed by atoms with Crippen molar-refractivity contribution in [1.82, 2.24) is 15.0 Å². The van der Waals surface area contributed by atoms with E-state index < -0.39 is 11.7 Å². The first-order chi connectivity index (χ1) is 9.05. The summed E-state index contributed by atoms with van der Waals surface area (Å²) < 4.78 is 37.5. The molecule has 2 aromatic heterocycles. The minimum atomic E-state index is -4.33. The number of nitrogens with one attached hydrogen (secondary N) is 1. The van der Waals surface area contributed by atoms with Gasteiger partial charge in [-0.15, -0.1) is 0 Å². The maximum absolute atomic E-state index is 12.5. The molecule has 0 aliphatic heterocycles. The van der Waals surface area contributed by atoms with Crippen LogP contribution in [-0.2, 0) is 6.18 Å². The molecular formula is C13H8F3N3. The van der Waals surface area contributed by atoms with E-state index in [1.54, 1.807) is 12.3 Å². The van der Waals surface area contributed by atoms with Crippen molar-refractivity contribution in [2.45, 2.75) is 6.18 Å². The summed E-state index contributed by atoms with van der Waals surface area (Å²) in [5, 5.41) is 0.780. The quantitative estimate of drug-likeness (QED) is 0.728. The number of halogens is 3. The molecule has 0 aliphatic rings. The highest BCUT2D eigenvalue weighted by Gasteiger charge is 2.30. The molecule has 0 fully saturated rings. The van der Waals surface area contributed by atoms with E-state index in [9.17, 15) is 13.2 Å². The zero-order valence-corrected chi connectivity index (χ0v) is 9.57. The summed E-state index contributed by atoms with van der Waals surface area (Å²) in [5.41, 5.74) is 1.22. The van der Waals surface area contributed by atoms with Crippen LogP contribution in [0.15, 0.2) is 42.9 Å². The van der Waals surface area contributed by atoms with Crippen LogP contribution < -0.4 is 0 Å². The number of alkyl halides is 3. The molecule has 96 valence electrons. The van der Waals surface area contributed by atoms with Crippen LogP contribution in [-0.4, -0.2) is 15.0 Å². The summed E-state index contributed by atoms with van der Waals surface area (Å²) in [6.45, 7) is 0. The first kappa shape index (κ1) is 11.7. The molecule has 2 heterocycles. The van der Waals surface area contributed by atoms with Crippen molar-refractivity contribution in [2.24, 2.45) is 0 Å². The Kier molecular flexibility index (Phi) is 2.51. The Labute approximate surface area is 106 Å². The Hall–Kier alpha value is -2.37. The van der Waals surface area contributed by atoms with Crippen LogP contribution in [0.5, 0.6) is 0 Å². The van der Waals surface area contributed by atoms with Gasteiger partial charge < -0.3 is 4.98 Å². The van der Waals surface area contributed by atoms with Gasteiger partial charge in [0.05, 0.1) is 11.3 Å². The summed E-state index contributed by atoms with van der Waals surface area (Å²) in [5.74, 6) is 0. The minimum absolute atomic E-state index is 0.611. The van der Waals surface area contributed by atoms with Gasteiger partial charge in [-0.2, -0.15) is 13.2 Å². The molecule has 19 heavy (non-hydrogen) atoms. The Balaban J connectivity index is 2.10. The monoisotopic (exact) mass is 263 g/mol. The number of hydrogen-bond donors (Lipinski definition) is 1. The number of aromatic nitrogens is 3. The maximum Gasteiger partial charge on any atom is 0.416 e. The molecular weight excluding hydrogens is 255 g/mol. The number of H-pyrrole nitrogens is 1. The van der Waals surface area contributed by atoms with Gasteiger partial charge >= 0.3 is 6.18 Å². The van der Waals surface area contributed by atoms with Crippen LogP contribution >= 0.6 is 0 Å². The smallest absolute Gasteiger partial charge is 0.346 e. The molecule has 0 radical (unpaired) electrons. The van der Waals surface area contributed by atoms with Gasteiger partial charge in [0.15, 0.2) is 0 Å².